The Morgan fingerprint density at radius 1 is 0.871 bits per heavy atom. The standard InChI is InChI=1S/C19H14Cl2N4O4S2/c20-12-8-13(21)10-16(9-12)24-31(28,29)18-6-4-14(5-7-18)22-19(30)23-15-2-1-3-17(11-15)25(26)27/h1-11,24H,(H2,22,23,30). The van der Waals surface area contributed by atoms with Crippen molar-refractivity contribution in [2.45, 2.75) is 4.90 Å². The van der Waals surface area contributed by atoms with Gasteiger partial charge in [0.15, 0.2) is 5.11 Å². The van der Waals surface area contributed by atoms with E-state index in [1.165, 1.54) is 60.7 Å². The molecule has 3 aromatic rings. The third kappa shape index (κ3) is 6.28. The van der Waals surface area contributed by atoms with Crippen LogP contribution in [0.3, 0.4) is 0 Å². The molecule has 0 aliphatic heterocycles. The largest absolute Gasteiger partial charge is 0.332 e. The summed E-state index contributed by atoms with van der Waals surface area (Å²) in [6.07, 6.45) is 0. The van der Waals surface area contributed by atoms with E-state index >= 15 is 0 Å². The molecule has 3 rings (SSSR count). The zero-order valence-electron chi connectivity index (χ0n) is 15.5. The molecule has 0 spiro atoms. The summed E-state index contributed by atoms with van der Waals surface area (Å²) >= 11 is 17.0. The van der Waals surface area contributed by atoms with Gasteiger partial charge in [-0.15, -0.1) is 0 Å². The second kappa shape index (κ2) is 9.48. The summed E-state index contributed by atoms with van der Waals surface area (Å²) in [5.41, 5.74) is 1.13. The molecule has 0 heterocycles. The predicted octanol–water partition coefficient (Wildman–Crippen LogP) is 5.51. The van der Waals surface area contributed by atoms with Gasteiger partial charge in [0.1, 0.15) is 0 Å². The van der Waals surface area contributed by atoms with Crippen LogP contribution in [0.15, 0.2) is 71.6 Å². The van der Waals surface area contributed by atoms with Crippen molar-refractivity contribution >= 4 is 73.3 Å². The number of nitrogens with one attached hydrogen (secondary N) is 3. The van der Waals surface area contributed by atoms with E-state index in [4.69, 9.17) is 35.4 Å². The summed E-state index contributed by atoms with van der Waals surface area (Å²) in [6.45, 7) is 0. The number of benzene rings is 3. The molecule has 3 N–H and O–H groups in total. The molecule has 0 saturated carbocycles. The number of halogens is 2. The second-order valence-corrected chi connectivity index (χ2v) is 9.14. The number of nitro benzene ring substituents is 1. The van der Waals surface area contributed by atoms with Gasteiger partial charge < -0.3 is 10.6 Å². The molecule has 8 nitrogen and oxygen atoms in total. The minimum atomic E-state index is -3.86. The van der Waals surface area contributed by atoms with Crippen LogP contribution < -0.4 is 15.4 Å². The zero-order chi connectivity index (χ0) is 22.6. The van der Waals surface area contributed by atoms with Crippen LogP contribution in [0.25, 0.3) is 0 Å². The number of thiocarbonyl (C=S) groups is 1. The fourth-order valence-corrected chi connectivity index (χ4v) is 4.34. The average Bonchev–Trinajstić information content (AvgIpc) is 2.67. The van der Waals surface area contributed by atoms with Gasteiger partial charge in [0, 0.05) is 33.6 Å². The van der Waals surface area contributed by atoms with Gasteiger partial charge in [0.05, 0.1) is 15.5 Å². The van der Waals surface area contributed by atoms with Crippen LogP contribution in [0.5, 0.6) is 0 Å². The van der Waals surface area contributed by atoms with Crippen molar-refractivity contribution in [3.63, 3.8) is 0 Å². The second-order valence-electron chi connectivity index (χ2n) is 6.17. The maximum atomic E-state index is 12.6. The molecule has 0 aromatic heterocycles. The molecular weight excluding hydrogens is 483 g/mol. The highest BCUT2D eigenvalue weighted by molar-refractivity contribution is 7.92. The van der Waals surface area contributed by atoms with Crippen molar-refractivity contribution in [1.29, 1.82) is 0 Å². The molecule has 12 heteroatoms. The summed E-state index contributed by atoms with van der Waals surface area (Å²) in [5.74, 6) is 0. The maximum absolute atomic E-state index is 12.6. The highest BCUT2D eigenvalue weighted by Crippen LogP contribution is 2.25. The Bertz CT molecular complexity index is 1230. The van der Waals surface area contributed by atoms with Crippen LogP contribution in [0.4, 0.5) is 22.7 Å². The summed E-state index contributed by atoms with van der Waals surface area (Å²) in [5, 5.41) is 17.4. The van der Waals surface area contributed by atoms with E-state index in [0.717, 1.165) is 0 Å². The van der Waals surface area contributed by atoms with E-state index < -0.39 is 14.9 Å². The number of nitrogens with zero attached hydrogens (tertiary/aromatic N) is 1. The van der Waals surface area contributed by atoms with Crippen LogP contribution in [0, 0.1) is 10.1 Å². The quantitative estimate of drug-likeness (QED) is 0.234. The molecule has 0 radical (unpaired) electrons. The lowest BCUT2D eigenvalue weighted by atomic mass is 10.3. The molecular formula is C19H14Cl2N4O4S2. The van der Waals surface area contributed by atoms with Crippen LogP contribution in [-0.4, -0.2) is 18.5 Å². The molecule has 0 bridgehead atoms. The Kier molecular flexibility index (Phi) is 6.96. The molecule has 31 heavy (non-hydrogen) atoms. The summed E-state index contributed by atoms with van der Waals surface area (Å²) in [4.78, 5) is 10.4. The lowest BCUT2D eigenvalue weighted by Crippen LogP contribution is -2.19. The molecule has 0 aliphatic carbocycles. The fraction of sp³-hybridized carbons (Fsp3) is 0. The van der Waals surface area contributed by atoms with Gasteiger partial charge in [-0.1, -0.05) is 29.3 Å². The molecule has 0 unspecified atom stereocenters. The first-order chi connectivity index (χ1) is 14.6. The molecule has 160 valence electrons. The van der Waals surface area contributed by atoms with Crippen molar-refractivity contribution in [2.75, 3.05) is 15.4 Å². The smallest absolute Gasteiger partial charge is 0.271 e. The first-order valence-electron chi connectivity index (χ1n) is 8.54. The number of anilines is 3. The van der Waals surface area contributed by atoms with Crippen molar-refractivity contribution in [2.24, 2.45) is 0 Å². The highest BCUT2D eigenvalue weighted by atomic mass is 35.5. The minimum Gasteiger partial charge on any atom is -0.332 e. The fourth-order valence-electron chi connectivity index (χ4n) is 2.53. The van der Waals surface area contributed by atoms with Gasteiger partial charge >= 0.3 is 0 Å². The first kappa shape index (κ1) is 22.8. The van der Waals surface area contributed by atoms with Crippen LogP contribution >= 0.6 is 35.4 Å². The Labute approximate surface area is 193 Å². The number of rotatable bonds is 6. The van der Waals surface area contributed by atoms with E-state index in [-0.39, 0.29) is 21.4 Å². The van der Waals surface area contributed by atoms with Crippen molar-refractivity contribution in [1.82, 2.24) is 0 Å². The molecule has 3 aromatic carbocycles. The molecule has 0 aliphatic rings. The van der Waals surface area contributed by atoms with Crippen molar-refractivity contribution < 1.29 is 13.3 Å². The third-order valence-electron chi connectivity index (χ3n) is 3.85. The number of sulfonamides is 1. The van der Waals surface area contributed by atoms with E-state index in [1.807, 2.05) is 0 Å². The third-order valence-corrected chi connectivity index (χ3v) is 5.89. The topological polar surface area (TPSA) is 113 Å². The number of hydrogen-bond acceptors (Lipinski definition) is 5. The van der Waals surface area contributed by atoms with Gasteiger partial charge in [-0.25, -0.2) is 8.42 Å². The zero-order valence-corrected chi connectivity index (χ0v) is 18.6. The molecule has 0 atom stereocenters. The highest BCUT2D eigenvalue weighted by Gasteiger charge is 2.15. The molecule has 0 saturated heterocycles. The average molecular weight is 497 g/mol. The SMILES string of the molecule is O=[N+]([O-])c1cccc(NC(=S)Nc2ccc(S(=O)(=O)Nc3cc(Cl)cc(Cl)c3)cc2)c1. The Morgan fingerprint density at radius 2 is 1.48 bits per heavy atom. The first-order valence-corrected chi connectivity index (χ1v) is 11.2. The van der Waals surface area contributed by atoms with E-state index in [2.05, 4.69) is 15.4 Å². The maximum Gasteiger partial charge on any atom is 0.271 e. The van der Waals surface area contributed by atoms with Crippen molar-refractivity contribution in [3.8, 4) is 0 Å². The summed E-state index contributed by atoms with van der Waals surface area (Å²) in [6, 6.07) is 16.1. The van der Waals surface area contributed by atoms with Crippen LogP contribution in [-0.2, 0) is 10.0 Å². The lowest BCUT2D eigenvalue weighted by molar-refractivity contribution is -0.384. The minimum absolute atomic E-state index is 0.0201. The molecule has 0 amide bonds. The number of nitro groups is 1. The van der Waals surface area contributed by atoms with E-state index in [1.54, 1.807) is 6.07 Å². The van der Waals surface area contributed by atoms with E-state index in [9.17, 15) is 18.5 Å². The Hall–Kier alpha value is -2.92. The monoisotopic (exact) mass is 496 g/mol. The van der Waals surface area contributed by atoms with Crippen molar-refractivity contribution in [3.05, 3.63) is 86.9 Å². The van der Waals surface area contributed by atoms with Gasteiger partial charge in [-0.2, -0.15) is 0 Å². The Morgan fingerprint density at radius 3 is 2.10 bits per heavy atom. The van der Waals surface area contributed by atoms with Crippen LogP contribution in [0.1, 0.15) is 0 Å². The number of hydrogen-bond donors (Lipinski definition) is 3. The van der Waals surface area contributed by atoms with Crippen LogP contribution in [0.2, 0.25) is 10.0 Å². The summed E-state index contributed by atoms with van der Waals surface area (Å²) < 4.78 is 27.6. The predicted molar refractivity (Wildman–Crippen MR) is 127 cm³/mol. The number of non-ortho nitro benzene ring substituents is 1. The van der Waals surface area contributed by atoms with Gasteiger partial charge in [-0.05, 0) is 60.7 Å². The molecule has 0 fully saturated rings. The normalized spacial score (nSPS) is 10.9. The Balaban J connectivity index is 1.67. The van der Waals surface area contributed by atoms with Gasteiger partial charge in [0.25, 0.3) is 15.7 Å². The summed E-state index contributed by atoms with van der Waals surface area (Å²) in [7, 11) is -3.86. The van der Waals surface area contributed by atoms with E-state index in [0.29, 0.717) is 21.4 Å². The lowest BCUT2D eigenvalue weighted by Gasteiger charge is -2.12. The van der Waals surface area contributed by atoms with Gasteiger partial charge in [0.2, 0.25) is 0 Å². The van der Waals surface area contributed by atoms with Gasteiger partial charge in [-0.3, -0.25) is 14.8 Å².